The van der Waals surface area contributed by atoms with Gasteiger partial charge in [-0.25, -0.2) is 0 Å². The van der Waals surface area contributed by atoms with E-state index < -0.39 is 83.7 Å². The summed E-state index contributed by atoms with van der Waals surface area (Å²) in [6, 6.07) is -7.01. The summed E-state index contributed by atoms with van der Waals surface area (Å²) in [5.41, 5.74) is 21.9. The number of hydrogen-bond donors (Lipinski definition) is 12. The first-order valence-corrected chi connectivity index (χ1v) is 16.7. The van der Waals surface area contributed by atoms with Crippen LogP contribution in [0.2, 0.25) is 0 Å². The van der Waals surface area contributed by atoms with Crippen LogP contribution >= 0.6 is 25.3 Å². The second-order valence-electron chi connectivity index (χ2n) is 11.4. The summed E-state index contributed by atoms with van der Waals surface area (Å²) in [7, 11) is 0. The van der Waals surface area contributed by atoms with Gasteiger partial charge in [0.25, 0.3) is 0 Å². The number of primary amides is 1. The molecule has 14 N–H and O–H groups in total. The Morgan fingerprint density at radius 3 is 1.55 bits per heavy atom. The molecule has 0 fully saturated rings. The van der Waals surface area contributed by atoms with E-state index >= 15 is 0 Å². The number of nitrogens with two attached hydrogens (primary N) is 4. The maximum Gasteiger partial charge on any atom is 0.244 e. The third-order valence-corrected chi connectivity index (χ3v) is 8.37. The quantitative estimate of drug-likeness (QED) is 0.0229. The van der Waals surface area contributed by atoms with Gasteiger partial charge in [-0.1, -0.05) is 40.5 Å². The van der Waals surface area contributed by atoms with Crippen molar-refractivity contribution in [1.29, 1.82) is 0 Å². The monoisotopic (exact) mass is 706 g/mol. The SMILES string of the molecule is CC[C@H](C)[C@H](NC(=O)[C@H](CS)NC(=O)[C@@H](NC(=O)[C@H](CCCN=C(N)N)NC(=O)[C@H](CS)NC(=O)[C@@H](N)[C@@H](C)O)[C@@H](C)CC)C(N)=O. The van der Waals surface area contributed by atoms with E-state index in [0.29, 0.717) is 12.8 Å². The van der Waals surface area contributed by atoms with Crippen molar-refractivity contribution in [2.75, 3.05) is 18.1 Å². The van der Waals surface area contributed by atoms with Crippen LogP contribution in [0.4, 0.5) is 0 Å². The van der Waals surface area contributed by atoms with Crippen LogP contribution < -0.4 is 49.5 Å². The fourth-order valence-corrected chi connectivity index (χ4v) is 4.63. The lowest BCUT2D eigenvalue weighted by atomic mass is 9.96. The van der Waals surface area contributed by atoms with Gasteiger partial charge in [0.15, 0.2) is 5.96 Å². The highest BCUT2D eigenvalue weighted by atomic mass is 32.1. The Bertz CT molecular complexity index is 1090. The Balaban J connectivity index is 6.04. The summed E-state index contributed by atoms with van der Waals surface area (Å²) >= 11 is 8.30. The first-order valence-electron chi connectivity index (χ1n) is 15.5. The number of aliphatic hydroxyl groups excluding tert-OH is 1. The normalized spacial score (nSPS) is 16.8. The Labute approximate surface area is 287 Å². The van der Waals surface area contributed by atoms with Crippen molar-refractivity contribution in [3.05, 3.63) is 0 Å². The zero-order chi connectivity index (χ0) is 36.4. The number of carbonyl (C=O) groups is 6. The molecule has 6 amide bonds. The van der Waals surface area contributed by atoms with Crippen LogP contribution in [0, 0.1) is 11.8 Å². The summed E-state index contributed by atoms with van der Waals surface area (Å²) < 4.78 is 0. The van der Waals surface area contributed by atoms with Gasteiger partial charge in [0.05, 0.1) is 6.10 Å². The number of amides is 6. The number of carbonyl (C=O) groups excluding carboxylic acids is 6. The predicted molar refractivity (Wildman–Crippen MR) is 185 cm³/mol. The second kappa shape index (κ2) is 22.3. The van der Waals surface area contributed by atoms with Crippen LogP contribution in [0.3, 0.4) is 0 Å². The van der Waals surface area contributed by atoms with E-state index in [4.69, 9.17) is 22.9 Å². The molecule has 0 aliphatic heterocycles. The molecule has 0 heterocycles. The number of nitrogens with one attached hydrogen (secondary N) is 5. The molecule has 9 atom stereocenters. The lowest BCUT2D eigenvalue weighted by Gasteiger charge is -2.29. The first-order chi connectivity index (χ1) is 21.9. The molecule has 17 nitrogen and oxygen atoms in total. The molecule has 0 aromatic heterocycles. The highest BCUT2D eigenvalue weighted by Gasteiger charge is 2.34. The Kier molecular flexibility index (Phi) is 20.7. The van der Waals surface area contributed by atoms with Crippen molar-refractivity contribution < 1.29 is 33.9 Å². The van der Waals surface area contributed by atoms with Gasteiger partial charge in [0, 0.05) is 18.1 Å². The van der Waals surface area contributed by atoms with Gasteiger partial charge in [-0.3, -0.25) is 33.8 Å². The average molecular weight is 707 g/mol. The number of hydrogen-bond acceptors (Lipinski definition) is 11. The van der Waals surface area contributed by atoms with Gasteiger partial charge in [-0.05, 0) is 31.6 Å². The summed E-state index contributed by atoms with van der Waals surface area (Å²) in [6.45, 7) is 8.56. The number of nitrogens with zero attached hydrogens (tertiary/aromatic N) is 1. The molecule has 19 heteroatoms. The summed E-state index contributed by atoms with van der Waals surface area (Å²) in [6.07, 6.45) is 0.116. The van der Waals surface area contributed by atoms with Gasteiger partial charge in [-0.15, -0.1) is 0 Å². The van der Waals surface area contributed by atoms with E-state index in [2.05, 4.69) is 56.8 Å². The average Bonchev–Trinajstić information content (AvgIpc) is 3.02. The molecule has 0 aromatic rings. The van der Waals surface area contributed by atoms with E-state index in [9.17, 15) is 33.9 Å². The summed E-state index contributed by atoms with van der Waals surface area (Å²) in [5, 5.41) is 22.4. The molecule has 0 saturated heterocycles. The molecule has 0 spiro atoms. The van der Waals surface area contributed by atoms with Crippen LogP contribution in [0.5, 0.6) is 0 Å². The topological polar surface area (TPSA) is 299 Å². The maximum atomic E-state index is 13.6. The molecule has 0 saturated carbocycles. The molecule has 0 aliphatic rings. The van der Waals surface area contributed by atoms with E-state index in [1.54, 1.807) is 20.8 Å². The lowest BCUT2D eigenvalue weighted by molar-refractivity contribution is -0.135. The van der Waals surface area contributed by atoms with Crippen LogP contribution in [0.1, 0.15) is 60.3 Å². The molecular weight excluding hydrogens is 653 g/mol. The maximum absolute atomic E-state index is 13.6. The van der Waals surface area contributed by atoms with Gasteiger partial charge in [0.1, 0.15) is 36.3 Å². The Morgan fingerprint density at radius 2 is 1.11 bits per heavy atom. The van der Waals surface area contributed by atoms with Crippen LogP contribution in [-0.2, 0) is 28.8 Å². The molecule has 0 aromatic carbocycles. The number of guanidine groups is 1. The Morgan fingerprint density at radius 1 is 0.681 bits per heavy atom. The minimum absolute atomic E-state index is 0.0371. The van der Waals surface area contributed by atoms with Crippen LogP contribution in [-0.4, -0.2) is 107 Å². The molecule has 0 aliphatic carbocycles. The van der Waals surface area contributed by atoms with E-state index in [1.807, 2.05) is 6.92 Å². The predicted octanol–water partition coefficient (Wildman–Crippen LogP) is -3.39. The van der Waals surface area contributed by atoms with Gasteiger partial charge in [-0.2, -0.15) is 25.3 Å². The highest BCUT2D eigenvalue weighted by molar-refractivity contribution is 7.80. The molecule has 0 bridgehead atoms. The molecule has 0 rings (SSSR count). The smallest absolute Gasteiger partial charge is 0.244 e. The lowest BCUT2D eigenvalue weighted by Crippen LogP contribution is -2.61. The van der Waals surface area contributed by atoms with Crippen molar-refractivity contribution in [3.8, 4) is 0 Å². The van der Waals surface area contributed by atoms with Crippen LogP contribution in [0.15, 0.2) is 4.99 Å². The minimum atomic E-state index is -1.31. The zero-order valence-electron chi connectivity index (χ0n) is 27.7. The zero-order valence-corrected chi connectivity index (χ0v) is 29.5. The van der Waals surface area contributed by atoms with Gasteiger partial charge < -0.3 is 54.6 Å². The van der Waals surface area contributed by atoms with E-state index in [-0.39, 0.29) is 42.8 Å². The van der Waals surface area contributed by atoms with Crippen molar-refractivity contribution >= 4 is 66.7 Å². The molecule has 0 unspecified atom stereocenters. The van der Waals surface area contributed by atoms with E-state index in [1.165, 1.54) is 6.92 Å². The number of aliphatic hydroxyl groups is 1. The van der Waals surface area contributed by atoms with Crippen LogP contribution in [0.25, 0.3) is 0 Å². The fourth-order valence-electron chi connectivity index (χ4n) is 4.12. The van der Waals surface area contributed by atoms with E-state index in [0.717, 1.165) is 0 Å². The first kappa shape index (κ1) is 43.7. The van der Waals surface area contributed by atoms with Gasteiger partial charge in [0.2, 0.25) is 35.4 Å². The molecule has 0 radical (unpaired) electrons. The molecular formula is C28H54N10O7S2. The number of rotatable bonds is 22. The van der Waals surface area contributed by atoms with Gasteiger partial charge >= 0.3 is 0 Å². The third kappa shape index (κ3) is 15.4. The number of aliphatic imine (C=N–C) groups is 1. The molecule has 270 valence electrons. The Hall–Kier alpha value is -3.29. The van der Waals surface area contributed by atoms with Crippen molar-refractivity contribution in [3.63, 3.8) is 0 Å². The third-order valence-electron chi connectivity index (χ3n) is 7.64. The summed E-state index contributed by atoms with van der Waals surface area (Å²) in [5.74, 6) is -5.52. The molecule has 47 heavy (non-hydrogen) atoms. The van der Waals surface area contributed by atoms with Crippen molar-refractivity contribution in [2.24, 2.45) is 39.8 Å². The number of thiol groups is 2. The van der Waals surface area contributed by atoms with Crippen molar-refractivity contribution in [2.45, 2.75) is 103 Å². The fraction of sp³-hybridized carbons (Fsp3) is 0.750. The highest BCUT2D eigenvalue weighted by Crippen LogP contribution is 2.12. The minimum Gasteiger partial charge on any atom is -0.391 e. The van der Waals surface area contributed by atoms with Crippen molar-refractivity contribution in [1.82, 2.24) is 26.6 Å². The second-order valence-corrected chi connectivity index (χ2v) is 12.1. The standard InChI is InChI=1S/C28H54N10O7S2/c1-6-13(3)20(22(30)40)37-25(43)18(12-47)36-27(45)21(14(4)7-2)38-23(41)16(9-8-10-33-28(31)32)34-24(42)17(11-46)35-26(44)19(29)15(5)39/h13-21,39,46-47H,6-12,29H2,1-5H3,(H2,30,40)(H,34,42)(H,35,44)(H,36,45)(H,37,43)(H,38,41)(H4,31,32,33)/t13-,14-,15+,16-,17-,18-,19-,20-,21-/m0/s1. The summed E-state index contributed by atoms with van der Waals surface area (Å²) in [4.78, 5) is 81.4. The largest absolute Gasteiger partial charge is 0.391 e.